The number of nitrogens with two attached hydrogens (primary N) is 1. The predicted octanol–water partition coefficient (Wildman–Crippen LogP) is 5.71. The standard InChI is InChI=1S/C31H48N5O5PSi/c1-26(22-36-24-35-29-30(32)33-23-34-31(29)36)40-25-42(37,38)41-21-13-20-39-19-12-10-8-6-5-7-9-11-14-27-15-17-28(18-16-27)43(2,3)4/h15-18,23-24,26H,5-10,12-13,19-22,25H2,1-4H3,(H,37,38)(H2,32,33,34)/t26-/m1/s1. The number of fused-ring (bicyclic) bond motifs is 1. The first-order chi connectivity index (χ1) is 20.5. The number of ether oxygens (including phenoxy) is 2. The number of unbranched alkanes of at least 4 members (excludes halogenated alkanes) is 6. The monoisotopic (exact) mass is 629 g/mol. The van der Waals surface area contributed by atoms with Crippen molar-refractivity contribution in [1.82, 2.24) is 19.5 Å². The van der Waals surface area contributed by atoms with Gasteiger partial charge in [0.1, 0.15) is 18.2 Å². The average molecular weight is 630 g/mol. The van der Waals surface area contributed by atoms with E-state index in [2.05, 4.69) is 70.7 Å². The van der Waals surface area contributed by atoms with E-state index in [4.69, 9.17) is 19.7 Å². The SMILES string of the molecule is C[C@H](Cn1cnc2c(N)ncnc21)OCP(=O)(O)OCCCOCCCCCCCCC#Cc1ccc([Si](C)(C)C)cc1. The van der Waals surface area contributed by atoms with Crippen molar-refractivity contribution >= 4 is 37.8 Å². The second-order valence-corrected chi connectivity index (χ2v) is 18.7. The summed E-state index contributed by atoms with van der Waals surface area (Å²) in [6, 6.07) is 8.78. The van der Waals surface area contributed by atoms with E-state index >= 15 is 0 Å². The highest BCUT2D eigenvalue weighted by Gasteiger charge is 2.22. The van der Waals surface area contributed by atoms with Gasteiger partial charge in [0.2, 0.25) is 0 Å². The van der Waals surface area contributed by atoms with Crippen molar-refractivity contribution in [3.05, 3.63) is 42.5 Å². The van der Waals surface area contributed by atoms with Crippen LogP contribution in [0.2, 0.25) is 19.6 Å². The third-order valence-corrected chi connectivity index (χ3v) is 10.1. The third kappa shape index (κ3) is 12.9. The summed E-state index contributed by atoms with van der Waals surface area (Å²) in [5, 5.41) is 1.47. The van der Waals surface area contributed by atoms with Gasteiger partial charge in [0, 0.05) is 25.2 Å². The van der Waals surface area contributed by atoms with Crippen molar-refractivity contribution < 1.29 is 23.5 Å². The third-order valence-electron chi connectivity index (χ3n) is 6.96. The number of hydrogen-bond donors (Lipinski definition) is 2. The van der Waals surface area contributed by atoms with Gasteiger partial charge in [-0.1, -0.05) is 74.5 Å². The highest BCUT2D eigenvalue weighted by Crippen LogP contribution is 2.42. The van der Waals surface area contributed by atoms with E-state index in [1.165, 1.54) is 30.8 Å². The van der Waals surface area contributed by atoms with E-state index in [-0.39, 0.29) is 12.7 Å². The molecule has 0 spiro atoms. The quantitative estimate of drug-likeness (QED) is 0.0740. The van der Waals surface area contributed by atoms with Crippen molar-refractivity contribution in [2.24, 2.45) is 0 Å². The number of aromatic nitrogens is 4. The van der Waals surface area contributed by atoms with Gasteiger partial charge in [-0.2, -0.15) is 0 Å². The van der Waals surface area contributed by atoms with Crippen LogP contribution in [-0.2, 0) is 25.1 Å². The minimum absolute atomic E-state index is 0.139. The zero-order valence-electron chi connectivity index (χ0n) is 26.1. The molecule has 0 saturated carbocycles. The van der Waals surface area contributed by atoms with Crippen molar-refractivity contribution in [1.29, 1.82) is 0 Å². The van der Waals surface area contributed by atoms with Gasteiger partial charge in [0.05, 0.1) is 33.7 Å². The van der Waals surface area contributed by atoms with Gasteiger partial charge in [0.15, 0.2) is 11.5 Å². The summed E-state index contributed by atoms with van der Waals surface area (Å²) in [4.78, 5) is 22.4. The normalized spacial score (nSPS) is 13.9. The molecular weight excluding hydrogens is 581 g/mol. The lowest BCUT2D eigenvalue weighted by atomic mass is 10.1. The lowest BCUT2D eigenvalue weighted by molar-refractivity contribution is 0.0688. The second kappa shape index (κ2) is 17.6. The molecule has 1 unspecified atom stereocenters. The lowest BCUT2D eigenvalue weighted by Gasteiger charge is -2.17. The molecule has 2 atom stereocenters. The van der Waals surface area contributed by atoms with Crippen LogP contribution in [-0.4, -0.2) is 64.8 Å². The number of nitrogens with zero attached hydrogens (tertiary/aromatic N) is 4. The van der Waals surface area contributed by atoms with E-state index in [1.54, 1.807) is 17.8 Å². The second-order valence-electron chi connectivity index (χ2n) is 11.9. The Balaban J connectivity index is 1.13. The first-order valence-corrected chi connectivity index (χ1v) is 20.5. The van der Waals surface area contributed by atoms with Gasteiger partial charge in [0.25, 0.3) is 0 Å². The summed E-state index contributed by atoms with van der Waals surface area (Å²) in [6.45, 7) is 10.6. The van der Waals surface area contributed by atoms with Crippen molar-refractivity contribution in [3.63, 3.8) is 0 Å². The van der Waals surface area contributed by atoms with E-state index in [0.29, 0.717) is 43.2 Å². The first kappa shape index (κ1) is 34.9. The summed E-state index contributed by atoms with van der Waals surface area (Å²) < 4.78 is 30.5. The van der Waals surface area contributed by atoms with Gasteiger partial charge in [-0.05, 0) is 38.3 Å². The molecule has 0 fully saturated rings. The predicted molar refractivity (Wildman–Crippen MR) is 175 cm³/mol. The van der Waals surface area contributed by atoms with Crippen LogP contribution in [0.4, 0.5) is 5.82 Å². The van der Waals surface area contributed by atoms with E-state index in [9.17, 15) is 9.46 Å². The molecule has 10 nitrogen and oxygen atoms in total. The molecule has 0 saturated heterocycles. The number of nitrogen functional groups attached to an aromatic ring is 1. The Morgan fingerprint density at radius 1 is 0.977 bits per heavy atom. The smallest absolute Gasteiger partial charge is 0.353 e. The largest absolute Gasteiger partial charge is 0.382 e. The minimum Gasteiger partial charge on any atom is -0.382 e. The maximum Gasteiger partial charge on any atom is 0.353 e. The highest BCUT2D eigenvalue weighted by atomic mass is 31.2. The summed E-state index contributed by atoms with van der Waals surface area (Å²) in [6.07, 6.45) is 10.6. The van der Waals surface area contributed by atoms with E-state index < -0.39 is 22.0 Å². The Morgan fingerprint density at radius 2 is 1.67 bits per heavy atom. The molecular formula is C31H48N5O5PSi. The Labute approximate surface area is 257 Å². The van der Waals surface area contributed by atoms with Gasteiger partial charge in [-0.3, -0.25) is 4.57 Å². The molecule has 2 aromatic heterocycles. The Kier molecular flexibility index (Phi) is 14.3. The van der Waals surface area contributed by atoms with Crippen molar-refractivity contribution in [2.75, 3.05) is 31.9 Å². The lowest BCUT2D eigenvalue weighted by Crippen LogP contribution is -2.37. The topological polar surface area (TPSA) is 135 Å². The molecule has 0 aliphatic carbocycles. The van der Waals surface area contributed by atoms with Crippen LogP contribution >= 0.6 is 7.60 Å². The number of hydrogen-bond acceptors (Lipinski definition) is 8. The van der Waals surface area contributed by atoms with Gasteiger partial charge in [-0.25, -0.2) is 15.0 Å². The summed E-state index contributed by atoms with van der Waals surface area (Å²) in [7, 11) is -5.10. The fourth-order valence-corrected chi connectivity index (χ4v) is 6.53. The van der Waals surface area contributed by atoms with Gasteiger partial charge < -0.3 is 29.2 Å². The van der Waals surface area contributed by atoms with Crippen LogP contribution in [0.3, 0.4) is 0 Å². The molecule has 236 valence electrons. The summed E-state index contributed by atoms with van der Waals surface area (Å²) in [5.74, 6) is 6.90. The maximum atomic E-state index is 12.3. The fraction of sp³-hybridized carbons (Fsp3) is 0.581. The molecule has 3 aromatic rings. The minimum atomic E-state index is -3.86. The zero-order chi connectivity index (χ0) is 31.1. The van der Waals surface area contributed by atoms with Crippen LogP contribution < -0.4 is 10.9 Å². The molecule has 0 aliphatic heterocycles. The summed E-state index contributed by atoms with van der Waals surface area (Å²) in [5.41, 5.74) is 8.02. The molecule has 43 heavy (non-hydrogen) atoms. The van der Waals surface area contributed by atoms with Crippen molar-refractivity contribution in [2.45, 2.75) is 90.6 Å². The molecule has 0 aliphatic rings. The molecule has 1 aromatic carbocycles. The fourth-order valence-electron chi connectivity index (χ4n) is 4.43. The first-order valence-electron chi connectivity index (χ1n) is 15.2. The molecule has 0 bridgehead atoms. The number of benzene rings is 1. The molecule has 3 rings (SSSR count). The van der Waals surface area contributed by atoms with Crippen LogP contribution in [0.15, 0.2) is 36.9 Å². The Bertz CT molecular complexity index is 1370. The van der Waals surface area contributed by atoms with E-state index in [0.717, 1.165) is 31.2 Å². The highest BCUT2D eigenvalue weighted by molar-refractivity contribution is 7.52. The van der Waals surface area contributed by atoms with Crippen LogP contribution in [0.5, 0.6) is 0 Å². The Hall–Kier alpha value is -2.58. The number of anilines is 1. The molecule has 0 amide bonds. The van der Waals surface area contributed by atoms with Crippen LogP contribution in [0.1, 0.15) is 63.9 Å². The van der Waals surface area contributed by atoms with Crippen LogP contribution in [0.25, 0.3) is 11.2 Å². The van der Waals surface area contributed by atoms with Crippen molar-refractivity contribution in [3.8, 4) is 11.8 Å². The van der Waals surface area contributed by atoms with E-state index in [1.807, 2.05) is 0 Å². The maximum absolute atomic E-state index is 12.3. The molecule has 3 N–H and O–H groups in total. The zero-order valence-corrected chi connectivity index (χ0v) is 28.0. The summed E-state index contributed by atoms with van der Waals surface area (Å²) >= 11 is 0. The number of rotatable bonds is 19. The molecule has 0 radical (unpaired) electrons. The van der Waals surface area contributed by atoms with Gasteiger partial charge >= 0.3 is 7.60 Å². The van der Waals surface area contributed by atoms with Gasteiger partial charge in [-0.15, -0.1) is 0 Å². The van der Waals surface area contributed by atoms with Crippen LogP contribution in [0, 0.1) is 11.8 Å². The average Bonchev–Trinajstić information content (AvgIpc) is 3.37. The molecule has 2 heterocycles. The molecule has 12 heteroatoms. The number of imidazole rings is 1. The Morgan fingerprint density at radius 3 is 2.42 bits per heavy atom.